The molecule has 0 radical (unpaired) electrons. The summed E-state index contributed by atoms with van der Waals surface area (Å²) in [6.07, 6.45) is -1.66. The number of aliphatic hydroxyl groups is 1. The highest BCUT2D eigenvalue weighted by atomic mass is 16.4. The minimum atomic E-state index is -1.73. The molecule has 13 heteroatoms. The SMILES string of the molecule is CN(Cc1ccccc1)C(=O)c1cc(=O)cc(C(=O)N[C@@H](Cc2ccccc2)[C@H](O)C(=O)Nc2cccc(-c3nn[nH]n3)c2)o1. The highest BCUT2D eigenvalue weighted by molar-refractivity contribution is 5.97. The molecule has 4 N–H and O–H groups in total. The van der Waals surface area contributed by atoms with Crippen LogP contribution in [-0.4, -0.2) is 67.5 Å². The lowest BCUT2D eigenvalue weighted by atomic mass is 10.00. The maximum atomic E-state index is 13.4. The molecule has 5 aromatic rings. The van der Waals surface area contributed by atoms with Crippen LogP contribution in [0.1, 0.15) is 32.2 Å². The average molecular weight is 608 g/mol. The van der Waals surface area contributed by atoms with Crippen molar-refractivity contribution in [3.63, 3.8) is 0 Å². The zero-order valence-corrected chi connectivity index (χ0v) is 24.1. The normalized spacial score (nSPS) is 12.1. The van der Waals surface area contributed by atoms with Gasteiger partial charge < -0.3 is 25.1 Å². The number of aliphatic hydroxyl groups excluding tert-OH is 1. The lowest BCUT2D eigenvalue weighted by Crippen LogP contribution is -2.50. The minimum Gasteiger partial charge on any atom is -0.445 e. The first-order valence-corrected chi connectivity index (χ1v) is 13.9. The van der Waals surface area contributed by atoms with Crippen LogP contribution in [0.4, 0.5) is 5.69 Å². The van der Waals surface area contributed by atoms with Gasteiger partial charge in [0, 0.05) is 37.0 Å². The van der Waals surface area contributed by atoms with Crippen LogP contribution in [0.5, 0.6) is 0 Å². The van der Waals surface area contributed by atoms with Crippen LogP contribution in [0.3, 0.4) is 0 Å². The zero-order valence-electron chi connectivity index (χ0n) is 24.1. The quantitative estimate of drug-likeness (QED) is 0.175. The van der Waals surface area contributed by atoms with Gasteiger partial charge in [-0.1, -0.05) is 72.8 Å². The number of amides is 3. The van der Waals surface area contributed by atoms with E-state index in [0.717, 1.165) is 23.3 Å². The molecule has 0 unspecified atom stereocenters. The Balaban J connectivity index is 1.34. The van der Waals surface area contributed by atoms with Gasteiger partial charge in [0.05, 0.1) is 6.04 Å². The number of benzene rings is 3. The molecular formula is C32H29N7O6. The van der Waals surface area contributed by atoms with E-state index in [1.165, 1.54) is 4.90 Å². The highest BCUT2D eigenvalue weighted by Gasteiger charge is 2.30. The Hall–Kier alpha value is -5.95. The number of hydrogen-bond acceptors (Lipinski definition) is 9. The average Bonchev–Trinajstić information content (AvgIpc) is 3.60. The molecule has 3 amide bonds. The summed E-state index contributed by atoms with van der Waals surface area (Å²) < 4.78 is 5.57. The predicted octanol–water partition coefficient (Wildman–Crippen LogP) is 2.43. The number of H-pyrrole nitrogens is 1. The minimum absolute atomic E-state index is 0.0622. The third-order valence-electron chi connectivity index (χ3n) is 6.81. The fourth-order valence-electron chi connectivity index (χ4n) is 4.58. The molecule has 2 atom stereocenters. The van der Waals surface area contributed by atoms with Crippen LogP contribution in [-0.2, 0) is 17.8 Å². The molecule has 0 aliphatic rings. The van der Waals surface area contributed by atoms with Gasteiger partial charge in [0.2, 0.25) is 5.82 Å². The molecule has 0 spiro atoms. The van der Waals surface area contributed by atoms with E-state index in [9.17, 15) is 24.3 Å². The molecule has 2 heterocycles. The number of rotatable bonds is 11. The second kappa shape index (κ2) is 14.0. The Labute approximate surface area is 256 Å². The van der Waals surface area contributed by atoms with Gasteiger partial charge in [0.15, 0.2) is 23.1 Å². The highest BCUT2D eigenvalue weighted by Crippen LogP contribution is 2.19. The molecule has 2 aromatic heterocycles. The topological polar surface area (TPSA) is 183 Å². The van der Waals surface area contributed by atoms with E-state index in [0.29, 0.717) is 17.1 Å². The number of carbonyl (C=O) groups is 3. The van der Waals surface area contributed by atoms with Gasteiger partial charge >= 0.3 is 0 Å². The lowest BCUT2D eigenvalue weighted by Gasteiger charge is -2.24. The second-order valence-corrected chi connectivity index (χ2v) is 10.2. The van der Waals surface area contributed by atoms with Gasteiger partial charge in [-0.3, -0.25) is 19.2 Å². The Kier molecular flexibility index (Phi) is 9.50. The second-order valence-electron chi connectivity index (χ2n) is 10.2. The number of nitrogens with zero attached hydrogens (tertiary/aromatic N) is 4. The van der Waals surface area contributed by atoms with Gasteiger partial charge in [-0.2, -0.15) is 5.21 Å². The summed E-state index contributed by atoms with van der Waals surface area (Å²) in [5.41, 5.74) is 1.89. The van der Waals surface area contributed by atoms with Crippen LogP contribution in [0.25, 0.3) is 11.4 Å². The molecule has 5 rings (SSSR count). The van der Waals surface area contributed by atoms with E-state index >= 15 is 0 Å². The Morgan fingerprint density at radius 2 is 1.60 bits per heavy atom. The molecule has 0 aliphatic heterocycles. The molecule has 0 saturated heterocycles. The summed E-state index contributed by atoms with van der Waals surface area (Å²) in [6.45, 7) is 0.248. The van der Waals surface area contributed by atoms with Crippen molar-refractivity contribution in [3.05, 3.63) is 130 Å². The lowest BCUT2D eigenvalue weighted by molar-refractivity contribution is -0.125. The summed E-state index contributed by atoms with van der Waals surface area (Å²) in [5, 5.41) is 30.1. The van der Waals surface area contributed by atoms with E-state index in [2.05, 4.69) is 31.3 Å². The molecule has 228 valence electrons. The summed E-state index contributed by atoms with van der Waals surface area (Å²) in [5.74, 6) is -2.75. The van der Waals surface area contributed by atoms with Crippen LogP contribution < -0.4 is 16.1 Å². The molecule has 45 heavy (non-hydrogen) atoms. The Morgan fingerprint density at radius 1 is 0.911 bits per heavy atom. The van der Waals surface area contributed by atoms with Crippen molar-refractivity contribution in [2.24, 2.45) is 0 Å². The van der Waals surface area contributed by atoms with Gasteiger partial charge in [0.1, 0.15) is 0 Å². The van der Waals surface area contributed by atoms with E-state index in [1.54, 1.807) is 55.6 Å². The molecule has 0 bridgehead atoms. The van der Waals surface area contributed by atoms with Gasteiger partial charge in [-0.15, -0.1) is 10.2 Å². The molecule has 0 fully saturated rings. The maximum absolute atomic E-state index is 13.4. The number of aromatic amines is 1. The largest absolute Gasteiger partial charge is 0.445 e. The number of aromatic nitrogens is 4. The number of nitrogens with one attached hydrogen (secondary N) is 3. The molecule has 0 aliphatic carbocycles. The van der Waals surface area contributed by atoms with E-state index in [4.69, 9.17) is 4.42 Å². The fraction of sp³-hybridized carbons (Fsp3) is 0.156. The smallest absolute Gasteiger partial charge is 0.289 e. The van der Waals surface area contributed by atoms with Crippen LogP contribution in [0.15, 0.2) is 106 Å². The van der Waals surface area contributed by atoms with Crippen molar-refractivity contribution >= 4 is 23.4 Å². The summed E-state index contributed by atoms with van der Waals surface area (Å²) >= 11 is 0. The maximum Gasteiger partial charge on any atom is 0.289 e. The monoisotopic (exact) mass is 607 g/mol. The number of tetrazole rings is 1. The molecule has 3 aromatic carbocycles. The van der Waals surface area contributed by atoms with Crippen LogP contribution in [0, 0.1) is 0 Å². The van der Waals surface area contributed by atoms with Crippen molar-refractivity contribution in [2.45, 2.75) is 25.1 Å². The van der Waals surface area contributed by atoms with Gasteiger partial charge in [0.25, 0.3) is 17.7 Å². The molecule has 13 nitrogen and oxygen atoms in total. The Morgan fingerprint density at radius 3 is 2.29 bits per heavy atom. The van der Waals surface area contributed by atoms with Crippen molar-refractivity contribution in [2.75, 3.05) is 12.4 Å². The standard InChI is InChI=1S/C32H29N7O6/c1-39(19-21-11-6-3-7-12-21)32(44)27-18-24(40)17-26(45-27)30(42)34-25(15-20-9-4-2-5-10-20)28(41)31(43)33-23-14-8-13-22(16-23)29-35-37-38-36-29/h2-14,16-18,25,28,41H,15,19H2,1H3,(H,33,43)(H,34,42)(H,35,36,37,38)/t25-,28-/m0/s1. The molecular weight excluding hydrogens is 578 g/mol. The van der Waals surface area contributed by atoms with Crippen molar-refractivity contribution < 1.29 is 23.9 Å². The molecule has 0 saturated carbocycles. The summed E-state index contributed by atoms with van der Waals surface area (Å²) in [4.78, 5) is 53.5. The first kappa shape index (κ1) is 30.5. The number of anilines is 1. The third kappa shape index (κ3) is 7.91. The van der Waals surface area contributed by atoms with E-state index in [1.807, 2.05) is 36.4 Å². The van der Waals surface area contributed by atoms with Crippen molar-refractivity contribution in [1.29, 1.82) is 0 Å². The van der Waals surface area contributed by atoms with E-state index in [-0.39, 0.29) is 18.7 Å². The fourth-order valence-corrected chi connectivity index (χ4v) is 4.58. The first-order valence-electron chi connectivity index (χ1n) is 13.9. The third-order valence-corrected chi connectivity index (χ3v) is 6.81. The van der Waals surface area contributed by atoms with Gasteiger partial charge in [-0.05, 0) is 34.9 Å². The van der Waals surface area contributed by atoms with Crippen molar-refractivity contribution in [3.8, 4) is 11.4 Å². The van der Waals surface area contributed by atoms with Gasteiger partial charge in [-0.25, -0.2) is 0 Å². The number of carbonyl (C=O) groups excluding carboxylic acids is 3. The summed E-state index contributed by atoms with van der Waals surface area (Å²) in [7, 11) is 1.55. The summed E-state index contributed by atoms with van der Waals surface area (Å²) in [6, 6.07) is 25.6. The van der Waals surface area contributed by atoms with Crippen molar-refractivity contribution in [1.82, 2.24) is 30.8 Å². The predicted molar refractivity (Wildman–Crippen MR) is 163 cm³/mol. The van der Waals surface area contributed by atoms with E-state index < -0.39 is 41.1 Å². The first-order chi connectivity index (χ1) is 21.8. The van der Waals surface area contributed by atoms with Crippen LogP contribution in [0.2, 0.25) is 0 Å². The van der Waals surface area contributed by atoms with Crippen LogP contribution >= 0.6 is 0 Å². The Bertz CT molecular complexity index is 1830. The zero-order chi connectivity index (χ0) is 31.8. The number of hydrogen-bond donors (Lipinski definition) is 4.